The topological polar surface area (TPSA) is 146 Å². The van der Waals surface area contributed by atoms with Crippen LogP contribution >= 0.6 is 0 Å². The number of carbonyl (C=O) groups is 2. The molecule has 4 aromatic carbocycles. The summed E-state index contributed by atoms with van der Waals surface area (Å²) in [5.74, 6) is -0.839. The lowest BCUT2D eigenvalue weighted by atomic mass is 9.83. The zero-order chi connectivity index (χ0) is 37.0. The molecule has 270 valence electrons. The molecule has 11 heteroatoms. The van der Waals surface area contributed by atoms with Crippen LogP contribution in [-0.2, 0) is 34.7 Å². The van der Waals surface area contributed by atoms with E-state index in [4.69, 9.17) is 4.74 Å². The van der Waals surface area contributed by atoms with E-state index in [1.165, 1.54) is 0 Å². The summed E-state index contributed by atoms with van der Waals surface area (Å²) >= 11 is 0. The third-order valence-corrected chi connectivity index (χ3v) is 9.99. The normalized spacial score (nSPS) is 16.6. The Bertz CT molecular complexity index is 2250. The molecule has 11 nitrogen and oxygen atoms in total. The lowest BCUT2D eigenvalue weighted by Crippen LogP contribution is -2.44. The number of aliphatic hydroxyl groups excluding tert-OH is 1. The first-order valence-corrected chi connectivity index (χ1v) is 17.7. The lowest BCUT2D eigenvalue weighted by Gasteiger charge is -2.28. The summed E-state index contributed by atoms with van der Waals surface area (Å²) in [6.45, 7) is 2.51. The van der Waals surface area contributed by atoms with Crippen LogP contribution in [0.5, 0.6) is 5.75 Å². The first-order chi connectivity index (χ1) is 25.8. The van der Waals surface area contributed by atoms with Crippen LogP contribution in [0, 0.1) is 5.92 Å². The molecule has 0 fully saturated rings. The summed E-state index contributed by atoms with van der Waals surface area (Å²) in [6.07, 6.45) is 8.32. The molecule has 3 atom stereocenters. The van der Waals surface area contributed by atoms with Gasteiger partial charge in [0.25, 0.3) is 5.91 Å². The minimum Gasteiger partial charge on any atom is -0.497 e. The second kappa shape index (κ2) is 15.3. The lowest BCUT2D eigenvalue weighted by molar-refractivity contribution is -0.139. The maximum Gasteiger partial charge on any atom is 0.264 e. The number of aromatic amines is 1. The van der Waals surface area contributed by atoms with E-state index in [0.717, 1.165) is 27.6 Å². The Labute approximate surface area is 307 Å². The fourth-order valence-corrected chi connectivity index (χ4v) is 7.03. The zero-order valence-corrected chi connectivity index (χ0v) is 29.6. The maximum atomic E-state index is 14.2. The van der Waals surface area contributed by atoms with Crippen LogP contribution in [-0.4, -0.2) is 55.7 Å². The number of allylic oxidation sites excluding steroid dienone is 1. The predicted molar refractivity (Wildman–Crippen MR) is 203 cm³/mol. The second-order valence-electron chi connectivity index (χ2n) is 13.4. The van der Waals surface area contributed by atoms with Crippen molar-refractivity contribution in [2.75, 3.05) is 23.9 Å². The highest BCUT2D eigenvalue weighted by atomic mass is 16.5. The maximum absolute atomic E-state index is 14.2. The SMILES string of the molecule is COc1ccc2c(c1)[C@@](O)([C@H](C)/C=C/CCn1cc(C(CO)c3ccccc3)nn1)C(=O)N2Cc1ccc(NC(=O)Cc2c[nH]c3ccccc23)cc1. The predicted octanol–water partition coefficient (Wildman–Crippen LogP) is 6.09. The number of hydrogen-bond acceptors (Lipinski definition) is 7. The molecule has 6 aromatic rings. The third-order valence-electron chi connectivity index (χ3n) is 9.99. The van der Waals surface area contributed by atoms with Crippen molar-refractivity contribution in [1.82, 2.24) is 20.0 Å². The Morgan fingerprint density at radius 2 is 1.81 bits per heavy atom. The van der Waals surface area contributed by atoms with Crippen molar-refractivity contribution in [2.45, 2.75) is 44.4 Å². The highest BCUT2D eigenvalue weighted by Crippen LogP contribution is 2.47. The van der Waals surface area contributed by atoms with Crippen molar-refractivity contribution < 1.29 is 24.5 Å². The number of ether oxygens (including phenoxy) is 1. The van der Waals surface area contributed by atoms with Gasteiger partial charge in [-0.15, -0.1) is 5.10 Å². The van der Waals surface area contributed by atoms with Gasteiger partial charge in [0.2, 0.25) is 5.91 Å². The average Bonchev–Trinajstić information content (AvgIpc) is 3.88. The molecule has 2 amide bonds. The van der Waals surface area contributed by atoms with Gasteiger partial charge in [-0.1, -0.05) is 85.0 Å². The Balaban J connectivity index is 1.01. The van der Waals surface area contributed by atoms with E-state index in [0.29, 0.717) is 41.3 Å². The van der Waals surface area contributed by atoms with Gasteiger partial charge in [0.05, 0.1) is 44.0 Å². The van der Waals surface area contributed by atoms with Gasteiger partial charge >= 0.3 is 0 Å². The van der Waals surface area contributed by atoms with Gasteiger partial charge < -0.3 is 30.2 Å². The van der Waals surface area contributed by atoms with E-state index in [1.54, 1.807) is 34.9 Å². The molecule has 1 aliphatic rings. The molecule has 0 aliphatic carbocycles. The van der Waals surface area contributed by atoms with Crippen LogP contribution in [0.4, 0.5) is 11.4 Å². The standard InChI is InChI=1S/C42H42N6O5/c1-28(10-8-9-21-47-26-38(45-46-47)35(27-49)30-11-4-3-5-12-30)42(52)36-23-33(53-2)19-20-39(36)48(41(42)51)25-29-15-17-32(18-16-29)44-40(50)22-31-24-43-37-14-7-6-13-34(31)37/h3-8,10-20,23-24,26,28,35,43,49,52H,9,21-22,25,27H2,1-2H3,(H,44,50)/b10-8+/t28-,35?,42+/m1/s1. The molecule has 1 unspecified atom stereocenters. The number of H-pyrrole nitrogens is 1. The number of nitrogens with zero attached hydrogens (tertiary/aromatic N) is 4. The summed E-state index contributed by atoms with van der Waals surface area (Å²) in [6, 6.07) is 30.3. The van der Waals surface area contributed by atoms with Gasteiger partial charge in [0.1, 0.15) is 5.75 Å². The second-order valence-corrected chi connectivity index (χ2v) is 13.4. The molecule has 0 saturated carbocycles. The van der Waals surface area contributed by atoms with Crippen molar-refractivity contribution in [3.63, 3.8) is 0 Å². The van der Waals surface area contributed by atoms with Crippen LogP contribution in [0.1, 0.15) is 47.2 Å². The van der Waals surface area contributed by atoms with Gasteiger partial charge in [-0.25, -0.2) is 0 Å². The van der Waals surface area contributed by atoms with Crippen molar-refractivity contribution >= 4 is 34.1 Å². The number of methoxy groups -OCH3 is 1. The van der Waals surface area contributed by atoms with E-state index in [-0.39, 0.29) is 31.4 Å². The Morgan fingerprint density at radius 1 is 1.04 bits per heavy atom. The Morgan fingerprint density at radius 3 is 2.58 bits per heavy atom. The highest BCUT2D eigenvalue weighted by molar-refractivity contribution is 6.07. The first kappa shape index (κ1) is 35.4. The van der Waals surface area contributed by atoms with Crippen LogP contribution < -0.4 is 15.0 Å². The van der Waals surface area contributed by atoms with E-state index in [2.05, 4.69) is 20.6 Å². The van der Waals surface area contributed by atoms with Crippen LogP contribution in [0.25, 0.3) is 10.9 Å². The average molecular weight is 711 g/mol. The number of amides is 2. The van der Waals surface area contributed by atoms with Gasteiger partial charge in [-0.05, 0) is 59.5 Å². The van der Waals surface area contributed by atoms with Gasteiger partial charge in [-0.3, -0.25) is 14.3 Å². The minimum atomic E-state index is -1.82. The summed E-state index contributed by atoms with van der Waals surface area (Å²) in [4.78, 5) is 31.8. The van der Waals surface area contributed by atoms with Gasteiger partial charge in [0, 0.05) is 47.0 Å². The molecule has 0 bridgehead atoms. The Hall–Kier alpha value is -6.04. The molecular weight excluding hydrogens is 668 g/mol. The molecular formula is C42H42N6O5. The fourth-order valence-electron chi connectivity index (χ4n) is 7.03. The van der Waals surface area contributed by atoms with Crippen LogP contribution in [0.3, 0.4) is 0 Å². The van der Waals surface area contributed by atoms with Gasteiger partial charge in [0.15, 0.2) is 5.60 Å². The van der Waals surface area contributed by atoms with E-state index < -0.39 is 17.4 Å². The van der Waals surface area contributed by atoms with Crippen molar-refractivity contribution in [3.05, 3.63) is 150 Å². The number of aryl methyl sites for hydroxylation is 1. The number of fused-ring (bicyclic) bond motifs is 2. The van der Waals surface area contributed by atoms with E-state index in [9.17, 15) is 19.8 Å². The molecule has 4 N–H and O–H groups in total. The van der Waals surface area contributed by atoms with Crippen LogP contribution in [0.2, 0.25) is 0 Å². The number of hydrogen-bond donors (Lipinski definition) is 4. The number of aromatic nitrogens is 4. The third kappa shape index (κ3) is 7.21. The van der Waals surface area contributed by atoms with Gasteiger partial charge in [-0.2, -0.15) is 0 Å². The largest absolute Gasteiger partial charge is 0.497 e. The number of benzene rings is 4. The molecule has 2 aromatic heterocycles. The number of aliphatic hydroxyl groups is 2. The first-order valence-electron chi connectivity index (χ1n) is 17.7. The van der Waals surface area contributed by atoms with Crippen molar-refractivity contribution in [2.24, 2.45) is 5.92 Å². The molecule has 0 spiro atoms. The number of rotatable bonds is 14. The monoisotopic (exact) mass is 710 g/mol. The minimum absolute atomic E-state index is 0.0767. The summed E-state index contributed by atoms with van der Waals surface area (Å²) < 4.78 is 7.21. The van der Waals surface area contributed by atoms with E-state index >= 15 is 0 Å². The van der Waals surface area contributed by atoms with Crippen molar-refractivity contribution in [1.29, 1.82) is 0 Å². The quantitative estimate of drug-likeness (QED) is 0.100. The zero-order valence-electron chi connectivity index (χ0n) is 29.6. The summed E-state index contributed by atoms with van der Waals surface area (Å²) in [5.41, 5.74) is 4.34. The van der Waals surface area contributed by atoms with E-state index in [1.807, 2.05) is 110 Å². The molecule has 53 heavy (non-hydrogen) atoms. The number of nitrogens with one attached hydrogen (secondary N) is 2. The molecule has 0 radical (unpaired) electrons. The number of carbonyl (C=O) groups excluding carboxylic acids is 2. The highest BCUT2D eigenvalue weighted by Gasteiger charge is 2.52. The smallest absolute Gasteiger partial charge is 0.264 e. The molecule has 1 aliphatic heterocycles. The summed E-state index contributed by atoms with van der Waals surface area (Å²) in [7, 11) is 1.55. The molecule has 3 heterocycles. The Kier molecular flexibility index (Phi) is 10.2. The van der Waals surface area contributed by atoms with Crippen molar-refractivity contribution in [3.8, 4) is 5.75 Å². The number of anilines is 2. The van der Waals surface area contributed by atoms with Crippen LogP contribution in [0.15, 0.2) is 122 Å². The molecule has 7 rings (SSSR count). The molecule has 0 saturated heterocycles. The number of para-hydroxylation sites is 1. The fraction of sp³-hybridized carbons (Fsp3) is 0.238. The summed E-state index contributed by atoms with van der Waals surface area (Å²) in [5, 5.41) is 34.7.